The summed E-state index contributed by atoms with van der Waals surface area (Å²) in [5.41, 5.74) is 1.24. The van der Waals surface area contributed by atoms with E-state index < -0.39 is 10.0 Å². The predicted molar refractivity (Wildman–Crippen MR) is 98.6 cm³/mol. The zero-order chi connectivity index (χ0) is 17.7. The molecule has 2 rings (SSSR count). The topological polar surface area (TPSA) is 78.5 Å². The molecule has 0 aliphatic heterocycles. The Morgan fingerprint density at radius 1 is 1.08 bits per heavy atom. The van der Waals surface area contributed by atoms with Gasteiger partial charge in [0.25, 0.3) is 0 Å². The number of nitrogens with one attached hydrogen (secondary N) is 2. The quantitative estimate of drug-likeness (QED) is 0.765. The SMILES string of the molecule is CN(C)S(=O)(=O)c1cccc(NCC(=O)Nc2cccc(Br)c2)c1. The molecule has 0 bridgehead atoms. The molecule has 0 saturated heterocycles. The average molecular weight is 412 g/mol. The molecule has 2 aromatic rings. The van der Waals surface area contributed by atoms with E-state index in [1.807, 2.05) is 12.1 Å². The molecular weight excluding hydrogens is 394 g/mol. The van der Waals surface area contributed by atoms with Crippen molar-refractivity contribution in [3.05, 3.63) is 53.0 Å². The van der Waals surface area contributed by atoms with Crippen LogP contribution in [0.3, 0.4) is 0 Å². The third-order valence-electron chi connectivity index (χ3n) is 3.17. The first-order valence-electron chi connectivity index (χ1n) is 7.11. The van der Waals surface area contributed by atoms with Gasteiger partial charge in [-0.3, -0.25) is 4.79 Å². The molecule has 0 unspecified atom stereocenters. The number of benzene rings is 2. The smallest absolute Gasteiger partial charge is 0.243 e. The summed E-state index contributed by atoms with van der Waals surface area (Å²) in [6.45, 7) is 0.0258. The Bertz CT molecular complexity index is 838. The number of hydrogen-bond acceptors (Lipinski definition) is 4. The summed E-state index contributed by atoms with van der Waals surface area (Å²) >= 11 is 3.34. The summed E-state index contributed by atoms with van der Waals surface area (Å²) < 4.78 is 26.2. The molecule has 0 fully saturated rings. The number of halogens is 1. The van der Waals surface area contributed by atoms with Gasteiger partial charge in [0.2, 0.25) is 15.9 Å². The number of amides is 1. The molecular formula is C16H18BrN3O3S. The third-order valence-corrected chi connectivity index (χ3v) is 5.48. The minimum absolute atomic E-state index is 0.0258. The minimum atomic E-state index is -3.50. The monoisotopic (exact) mass is 411 g/mol. The molecule has 0 aromatic heterocycles. The molecule has 0 saturated carbocycles. The maximum Gasteiger partial charge on any atom is 0.243 e. The molecule has 24 heavy (non-hydrogen) atoms. The number of nitrogens with zero attached hydrogens (tertiary/aromatic N) is 1. The highest BCUT2D eigenvalue weighted by molar-refractivity contribution is 9.10. The third kappa shape index (κ3) is 4.80. The largest absolute Gasteiger partial charge is 0.376 e. The number of rotatable bonds is 6. The Kier molecular flexibility index (Phi) is 5.98. The van der Waals surface area contributed by atoms with Gasteiger partial charge in [0, 0.05) is 29.9 Å². The van der Waals surface area contributed by atoms with E-state index in [1.165, 1.54) is 26.2 Å². The lowest BCUT2D eigenvalue weighted by Gasteiger charge is -2.13. The molecule has 0 atom stereocenters. The first-order chi connectivity index (χ1) is 11.3. The summed E-state index contributed by atoms with van der Waals surface area (Å²) in [6, 6.07) is 13.6. The fourth-order valence-corrected chi connectivity index (χ4v) is 3.28. The van der Waals surface area contributed by atoms with E-state index in [4.69, 9.17) is 0 Å². The van der Waals surface area contributed by atoms with Gasteiger partial charge in [-0.2, -0.15) is 0 Å². The fraction of sp³-hybridized carbons (Fsp3) is 0.188. The highest BCUT2D eigenvalue weighted by atomic mass is 79.9. The lowest BCUT2D eigenvalue weighted by atomic mass is 10.3. The Balaban J connectivity index is 2.01. The number of sulfonamides is 1. The van der Waals surface area contributed by atoms with E-state index in [0.717, 1.165) is 8.78 Å². The highest BCUT2D eigenvalue weighted by Gasteiger charge is 2.17. The summed E-state index contributed by atoms with van der Waals surface area (Å²) in [4.78, 5) is 12.1. The van der Waals surface area contributed by atoms with Crippen LogP contribution in [-0.2, 0) is 14.8 Å². The highest BCUT2D eigenvalue weighted by Crippen LogP contribution is 2.18. The van der Waals surface area contributed by atoms with Gasteiger partial charge in [-0.1, -0.05) is 28.1 Å². The van der Waals surface area contributed by atoms with Gasteiger partial charge < -0.3 is 10.6 Å². The van der Waals surface area contributed by atoms with Gasteiger partial charge in [0.1, 0.15) is 0 Å². The van der Waals surface area contributed by atoms with Crippen LogP contribution >= 0.6 is 15.9 Å². The molecule has 6 nitrogen and oxygen atoms in total. The van der Waals surface area contributed by atoms with E-state index >= 15 is 0 Å². The van der Waals surface area contributed by atoms with Crippen LogP contribution in [0, 0.1) is 0 Å². The second-order valence-electron chi connectivity index (χ2n) is 5.23. The summed E-state index contributed by atoms with van der Waals surface area (Å²) in [6.07, 6.45) is 0. The van der Waals surface area contributed by atoms with Crippen LogP contribution in [0.2, 0.25) is 0 Å². The van der Waals surface area contributed by atoms with E-state index in [-0.39, 0.29) is 17.3 Å². The summed E-state index contributed by atoms with van der Waals surface area (Å²) in [7, 11) is -0.558. The maximum absolute atomic E-state index is 12.1. The molecule has 2 aromatic carbocycles. The zero-order valence-electron chi connectivity index (χ0n) is 13.3. The van der Waals surface area contributed by atoms with Crippen molar-refractivity contribution >= 4 is 43.2 Å². The molecule has 0 aliphatic carbocycles. The van der Waals surface area contributed by atoms with Gasteiger partial charge in [-0.25, -0.2) is 12.7 Å². The molecule has 2 N–H and O–H groups in total. The van der Waals surface area contributed by atoms with Crippen molar-refractivity contribution < 1.29 is 13.2 Å². The Morgan fingerprint density at radius 2 is 1.75 bits per heavy atom. The van der Waals surface area contributed by atoms with Crippen LogP contribution in [0.4, 0.5) is 11.4 Å². The van der Waals surface area contributed by atoms with Crippen LogP contribution in [0.15, 0.2) is 57.9 Å². The van der Waals surface area contributed by atoms with Crippen LogP contribution < -0.4 is 10.6 Å². The zero-order valence-corrected chi connectivity index (χ0v) is 15.7. The molecule has 128 valence electrons. The maximum atomic E-state index is 12.1. The molecule has 1 amide bonds. The van der Waals surface area contributed by atoms with Gasteiger partial charge in [0.05, 0.1) is 11.4 Å². The van der Waals surface area contributed by atoms with Crippen molar-refractivity contribution in [2.45, 2.75) is 4.90 Å². The molecule has 8 heteroatoms. The fourth-order valence-electron chi connectivity index (χ4n) is 1.93. The summed E-state index contributed by atoms with van der Waals surface area (Å²) in [5, 5.41) is 5.68. The Hall–Kier alpha value is -1.90. The normalized spacial score (nSPS) is 11.3. The van der Waals surface area contributed by atoms with Gasteiger partial charge >= 0.3 is 0 Å². The summed E-state index contributed by atoms with van der Waals surface area (Å²) in [5.74, 6) is -0.228. The number of carbonyl (C=O) groups excluding carboxylic acids is 1. The minimum Gasteiger partial charge on any atom is -0.376 e. The van der Waals surface area contributed by atoms with Crippen molar-refractivity contribution in [1.82, 2.24) is 4.31 Å². The van der Waals surface area contributed by atoms with Crippen LogP contribution in [0.25, 0.3) is 0 Å². The van der Waals surface area contributed by atoms with Crippen molar-refractivity contribution in [3.8, 4) is 0 Å². The second-order valence-corrected chi connectivity index (χ2v) is 8.29. The van der Waals surface area contributed by atoms with Gasteiger partial charge in [-0.15, -0.1) is 0 Å². The number of carbonyl (C=O) groups is 1. The first-order valence-corrected chi connectivity index (χ1v) is 9.34. The predicted octanol–water partition coefficient (Wildman–Crippen LogP) is 2.75. The van der Waals surface area contributed by atoms with E-state index in [9.17, 15) is 13.2 Å². The van der Waals surface area contributed by atoms with E-state index in [0.29, 0.717) is 11.4 Å². The molecule has 0 radical (unpaired) electrons. The Morgan fingerprint density at radius 3 is 2.42 bits per heavy atom. The van der Waals surface area contributed by atoms with Crippen molar-refractivity contribution in [2.75, 3.05) is 31.3 Å². The lowest BCUT2D eigenvalue weighted by Crippen LogP contribution is -2.23. The van der Waals surface area contributed by atoms with Crippen molar-refractivity contribution in [3.63, 3.8) is 0 Å². The van der Waals surface area contributed by atoms with Gasteiger partial charge in [-0.05, 0) is 36.4 Å². The lowest BCUT2D eigenvalue weighted by molar-refractivity contribution is -0.114. The second kappa shape index (κ2) is 7.78. The Labute approximate surface area is 150 Å². The van der Waals surface area contributed by atoms with Crippen LogP contribution in [0.5, 0.6) is 0 Å². The standard InChI is InChI=1S/C16H18BrN3O3S/c1-20(2)24(22,23)15-8-4-6-13(10-15)18-11-16(21)19-14-7-3-5-12(17)9-14/h3-10,18H,11H2,1-2H3,(H,19,21). The van der Waals surface area contributed by atoms with Gasteiger partial charge in [0.15, 0.2) is 0 Å². The average Bonchev–Trinajstić information content (AvgIpc) is 2.53. The molecule has 0 heterocycles. The number of anilines is 2. The van der Waals surface area contributed by atoms with E-state index in [1.54, 1.807) is 24.3 Å². The van der Waals surface area contributed by atoms with Crippen LogP contribution in [-0.4, -0.2) is 39.3 Å². The first kappa shape index (κ1) is 18.4. The number of hydrogen-bond donors (Lipinski definition) is 2. The molecule has 0 aliphatic rings. The van der Waals surface area contributed by atoms with Crippen LogP contribution in [0.1, 0.15) is 0 Å². The molecule has 0 spiro atoms. The van der Waals surface area contributed by atoms with E-state index in [2.05, 4.69) is 26.6 Å². The van der Waals surface area contributed by atoms with Crippen molar-refractivity contribution in [2.24, 2.45) is 0 Å². The van der Waals surface area contributed by atoms with Crippen molar-refractivity contribution in [1.29, 1.82) is 0 Å².